The summed E-state index contributed by atoms with van der Waals surface area (Å²) in [4.78, 5) is 15.0. The average Bonchev–Trinajstić information content (AvgIpc) is 3.86. The van der Waals surface area contributed by atoms with Crippen molar-refractivity contribution in [2.24, 2.45) is 0 Å². The van der Waals surface area contributed by atoms with E-state index >= 15 is 0 Å². The van der Waals surface area contributed by atoms with Crippen molar-refractivity contribution in [2.45, 2.75) is 0 Å². The van der Waals surface area contributed by atoms with Gasteiger partial charge in [0.2, 0.25) is 0 Å². The van der Waals surface area contributed by atoms with Crippen LogP contribution in [-0.2, 0) is 0 Å². The van der Waals surface area contributed by atoms with Crippen LogP contribution in [0.15, 0.2) is 188 Å². The average molecular weight is 750 g/mol. The van der Waals surface area contributed by atoms with Crippen molar-refractivity contribution in [3.8, 4) is 67.3 Å². The molecule has 5 heteroatoms. The van der Waals surface area contributed by atoms with Crippen molar-refractivity contribution >= 4 is 63.0 Å². The van der Waals surface area contributed by atoms with Crippen molar-refractivity contribution in [2.75, 3.05) is 0 Å². The van der Waals surface area contributed by atoms with Gasteiger partial charge in [0.25, 0.3) is 0 Å². The van der Waals surface area contributed by atoms with Crippen LogP contribution < -0.4 is 0 Å². The fourth-order valence-electron chi connectivity index (χ4n) is 7.97. The Labute approximate surface area is 331 Å². The third-order valence-electron chi connectivity index (χ3n) is 10.6. The molecule has 56 heavy (non-hydrogen) atoms. The summed E-state index contributed by atoms with van der Waals surface area (Å²) in [6, 6.07) is 63.0. The van der Waals surface area contributed by atoms with Gasteiger partial charge in [0.05, 0.1) is 11.4 Å². The SMILES string of the molecule is c1ccc(-c2cc(-c3cc(-c4cccc5sc6ccccc6c45)cc(-c4cccc5sc6ccccc6c45)c3)nc(-c3cccc(-c4cccnc4)c3)n2)cc1. The summed E-state index contributed by atoms with van der Waals surface area (Å²) in [6.07, 6.45) is 3.70. The number of aromatic nitrogens is 3. The van der Waals surface area contributed by atoms with E-state index in [1.807, 2.05) is 41.0 Å². The number of thiophene rings is 2. The zero-order valence-electron chi connectivity index (χ0n) is 30.1. The van der Waals surface area contributed by atoms with E-state index in [9.17, 15) is 0 Å². The highest BCUT2D eigenvalue weighted by Gasteiger charge is 2.18. The second-order valence-electron chi connectivity index (χ2n) is 14.0. The molecule has 0 saturated heterocycles. The van der Waals surface area contributed by atoms with Gasteiger partial charge in [-0.15, -0.1) is 22.7 Å². The number of rotatable bonds is 6. The molecule has 7 aromatic carbocycles. The van der Waals surface area contributed by atoms with Crippen LogP contribution in [0.1, 0.15) is 0 Å². The molecule has 11 rings (SSSR count). The summed E-state index contributed by atoms with van der Waals surface area (Å²) < 4.78 is 5.15. The first-order chi connectivity index (χ1) is 27.7. The first kappa shape index (κ1) is 32.6. The van der Waals surface area contributed by atoms with Gasteiger partial charge < -0.3 is 0 Å². The number of nitrogens with zero attached hydrogens (tertiary/aromatic N) is 3. The van der Waals surface area contributed by atoms with Gasteiger partial charge in [0.15, 0.2) is 5.82 Å². The van der Waals surface area contributed by atoms with Crippen LogP contribution >= 0.6 is 22.7 Å². The molecule has 0 amide bonds. The Morgan fingerprint density at radius 2 is 0.839 bits per heavy atom. The van der Waals surface area contributed by atoms with E-state index in [1.165, 1.54) is 51.5 Å². The van der Waals surface area contributed by atoms with Gasteiger partial charge in [-0.3, -0.25) is 4.98 Å². The minimum atomic E-state index is 0.677. The zero-order valence-corrected chi connectivity index (χ0v) is 31.7. The minimum absolute atomic E-state index is 0.677. The van der Waals surface area contributed by atoms with E-state index in [-0.39, 0.29) is 0 Å². The Morgan fingerprint density at radius 1 is 0.339 bits per heavy atom. The molecular weight excluding hydrogens is 719 g/mol. The van der Waals surface area contributed by atoms with E-state index in [0.717, 1.165) is 50.3 Å². The van der Waals surface area contributed by atoms with Crippen molar-refractivity contribution in [3.05, 3.63) is 188 Å². The van der Waals surface area contributed by atoms with E-state index in [0.29, 0.717) is 5.82 Å². The maximum atomic E-state index is 5.39. The summed E-state index contributed by atoms with van der Waals surface area (Å²) in [5.74, 6) is 0.677. The molecule has 0 aliphatic rings. The van der Waals surface area contributed by atoms with Crippen LogP contribution in [-0.4, -0.2) is 15.0 Å². The third-order valence-corrected chi connectivity index (χ3v) is 12.8. The molecule has 4 heterocycles. The lowest BCUT2D eigenvalue weighted by molar-refractivity contribution is 1.18. The lowest BCUT2D eigenvalue weighted by Crippen LogP contribution is -1.97. The smallest absolute Gasteiger partial charge is 0.160 e. The molecule has 0 atom stereocenters. The predicted molar refractivity (Wildman–Crippen MR) is 238 cm³/mol. The lowest BCUT2D eigenvalue weighted by Gasteiger charge is -2.15. The number of hydrogen-bond donors (Lipinski definition) is 0. The minimum Gasteiger partial charge on any atom is -0.264 e. The zero-order chi connectivity index (χ0) is 37.0. The summed E-state index contributed by atoms with van der Waals surface area (Å²) in [7, 11) is 0. The number of hydrogen-bond acceptors (Lipinski definition) is 5. The summed E-state index contributed by atoms with van der Waals surface area (Å²) in [5, 5.41) is 5.14. The van der Waals surface area contributed by atoms with E-state index in [4.69, 9.17) is 9.97 Å². The van der Waals surface area contributed by atoms with Crippen LogP contribution in [0.2, 0.25) is 0 Å². The van der Waals surface area contributed by atoms with Crippen LogP contribution in [0.25, 0.3) is 108 Å². The van der Waals surface area contributed by atoms with E-state index in [2.05, 4.69) is 169 Å². The number of benzene rings is 7. The lowest BCUT2D eigenvalue weighted by atomic mass is 9.91. The highest BCUT2D eigenvalue weighted by Crippen LogP contribution is 2.45. The van der Waals surface area contributed by atoms with Gasteiger partial charge in [-0.1, -0.05) is 115 Å². The molecule has 11 aromatic rings. The molecule has 0 aliphatic heterocycles. The molecule has 0 saturated carbocycles. The Balaban J connectivity index is 1.18. The Kier molecular flexibility index (Phi) is 7.87. The van der Waals surface area contributed by atoms with E-state index in [1.54, 1.807) is 6.20 Å². The number of fused-ring (bicyclic) bond motifs is 6. The first-order valence-electron chi connectivity index (χ1n) is 18.7. The van der Waals surface area contributed by atoms with Crippen molar-refractivity contribution in [1.29, 1.82) is 0 Å². The monoisotopic (exact) mass is 749 g/mol. The molecule has 262 valence electrons. The summed E-state index contributed by atoms with van der Waals surface area (Å²) in [6.45, 7) is 0. The summed E-state index contributed by atoms with van der Waals surface area (Å²) >= 11 is 3.70. The van der Waals surface area contributed by atoms with Gasteiger partial charge >= 0.3 is 0 Å². The standard InChI is InChI=1S/C51H31N3S2/c1-2-12-32(13-3-1)43-30-44(54-51(53-43)34-15-8-14-33(26-34)35-16-11-25-52-31-35)38-28-36(39-19-9-23-47-49(39)41-17-4-6-21-45(41)55-47)27-37(29-38)40-20-10-24-48-50(40)42-18-5-7-22-46(42)56-48/h1-31H. The predicted octanol–water partition coefficient (Wildman–Crippen LogP) is 14.6. The molecule has 4 aromatic heterocycles. The molecule has 0 unspecified atom stereocenters. The molecule has 0 aliphatic carbocycles. The topological polar surface area (TPSA) is 38.7 Å². The largest absolute Gasteiger partial charge is 0.264 e. The second kappa shape index (κ2) is 13.5. The van der Waals surface area contributed by atoms with Gasteiger partial charge in [0.1, 0.15) is 0 Å². The van der Waals surface area contributed by atoms with Gasteiger partial charge in [-0.05, 0) is 88.5 Å². The van der Waals surface area contributed by atoms with Gasteiger partial charge in [-0.2, -0.15) is 0 Å². The molecule has 3 nitrogen and oxygen atoms in total. The fraction of sp³-hybridized carbons (Fsp3) is 0. The second-order valence-corrected chi connectivity index (χ2v) is 16.2. The van der Waals surface area contributed by atoms with Crippen molar-refractivity contribution in [3.63, 3.8) is 0 Å². The Bertz CT molecular complexity index is 3120. The maximum absolute atomic E-state index is 5.39. The quantitative estimate of drug-likeness (QED) is 0.170. The third kappa shape index (κ3) is 5.68. The molecule has 0 fully saturated rings. The maximum Gasteiger partial charge on any atom is 0.160 e. The van der Waals surface area contributed by atoms with Crippen LogP contribution in [0.4, 0.5) is 0 Å². The van der Waals surface area contributed by atoms with E-state index < -0.39 is 0 Å². The normalized spacial score (nSPS) is 11.6. The van der Waals surface area contributed by atoms with Crippen LogP contribution in [0.5, 0.6) is 0 Å². The van der Waals surface area contributed by atoms with Gasteiger partial charge in [-0.25, -0.2) is 9.97 Å². The molecular formula is C51H31N3S2. The fourth-order valence-corrected chi connectivity index (χ4v) is 10.2. The Morgan fingerprint density at radius 3 is 1.48 bits per heavy atom. The van der Waals surface area contributed by atoms with Gasteiger partial charge in [0, 0.05) is 75.0 Å². The van der Waals surface area contributed by atoms with Crippen molar-refractivity contribution < 1.29 is 0 Å². The van der Waals surface area contributed by atoms with Crippen LogP contribution in [0.3, 0.4) is 0 Å². The molecule has 0 bridgehead atoms. The summed E-state index contributed by atoms with van der Waals surface area (Å²) in [5.41, 5.74) is 11.6. The first-order valence-corrected chi connectivity index (χ1v) is 20.3. The highest BCUT2D eigenvalue weighted by molar-refractivity contribution is 7.26. The molecule has 0 radical (unpaired) electrons. The van der Waals surface area contributed by atoms with Crippen LogP contribution in [0, 0.1) is 0 Å². The highest BCUT2D eigenvalue weighted by atomic mass is 32.1. The van der Waals surface area contributed by atoms with Crippen molar-refractivity contribution in [1.82, 2.24) is 15.0 Å². The molecule has 0 N–H and O–H groups in total. The molecule has 0 spiro atoms. The number of pyridine rings is 1. The Hall–Kier alpha value is -6.79.